The molecule has 0 heterocycles. The molecule has 0 radical (unpaired) electrons. The first kappa shape index (κ1) is 21.3. The third-order valence-corrected chi connectivity index (χ3v) is 6.11. The highest BCUT2D eigenvalue weighted by atomic mass is 16.5. The Hall–Kier alpha value is -0.980. The van der Waals surface area contributed by atoms with Gasteiger partial charge < -0.3 is 4.74 Å². The van der Waals surface area contributed by atoms with Gasteiger partial charge in [0.2, 0.25) is 0 Å². The molecule has 1 aliphatic carbocycles. The van der Waals surface area contributed by atoms with Crippen LogP contribution in [0.25, 0.3) is 0 Å². The summed E-state index contributed by atoms with van der Waals surface area (Å²) in [6.07, 6.45) is 7.92. The van der Waals surface area contributed by atoms with Crippen LogP contribution in [0.5, 0.6) is 5.75 Å². The zero-order chi connectivity index (χ0) is 19.6. The molecule has 1 heteroatoms. The molecule has 1 aromatic rings. The van der Waals surface area contributed by atoms with E-state index in [1.807, 2.05) is 0 Å². The molecule has 0 N–H and O–H groups in total. The largest absolute Gasteiger partial charge is 0.488 e. The number of ether oxygens (including phenoxy) is 1. The Morgan fingerprint density at radius 1 is 0.846 bits per heavy atom. The fourth-order valence-electron chi connectivity index (χ4n) is 4.49. The second-order valence-electron chi connectivity index (χ2n) is 11.3. The summed E-state index contributed by atoms with van der Waals surface area (Å²) in [7, 11) is 0. The van der Waals surface area contributed by atoms with Gasteiger partial charge in [-0.25, -0.2) is 0 Å². The molecule has 1 aromatic carbocycles. The van der Waals surface area contributed by atoms with E-state index >= 15 is 0 Å². The lowest BCUT2D eigenvalue weighted by atomic mass is 9.69. The maximum absolute atomic E-state index is 6.46. The summed E-state index contributed by atoms with van der Waals surface area (Å²) in [5.74, 6) is 2.26. The summed E-state index contributed by atoms with van der Waals surface area (Å²) in [5, 5.41) is 0. The molecule has 1 saturated carbocycles. The molecule has 148 valence electrons. The van der Waals surface area contributed by atoms with E-state index in [4.69, 9.17) is 4.74 Å². The van der Waals surface area contributed by atoms with Gasteiger partial charge >= 0.3 is 0 Å². The van der Waals surface area contributed by atoms with Gasteiger partial charge in [-0.05, 0) is 73.5 Å². The summed E-state index contributed by atoms with van der Waals surface area (Å²) < 4.78 is 6.46. The number of benzene rings is 1. The zero-order valence-electron chi connectivity index (χ0n) is 18.6. The number of rotatable bonds is 5. The van der Waals surface area contributed by atoms with E-state index in [-0.39, 0.29) is 11.0 Å². The fourth-order valence-corrected chi connectivity index (χ4v) is 4.49. The van der Waals surface area contributed by atoms with Crippen LogP contribution in [0.2, 0.25) is 0 Å². The van der Waals surface area contributed by atoms with E-state index < -0.39 is 0 Å². The van der Waals surface area contributed by atoms with E-state index in [0.29, 0.717) is 17.3 Å². The monoisotopic (exact) mass is 358 g/mol. The van der Waals surface area contributed by atoms with Crippen LogP contribution in [0.15, 0.2) is 24.3 Å². The average molecular weight is 359 g/mol. The SMILES string of the molecule is CC(C)(C)CC(c1ccc(OC(C)(C)C2CCCCC2)cc1)C(C)(C)C. The lowest BCUT2D eigenvalue weighted by Crippen LogP contribution is -2.38. The van der Waals surface area contributed by atoms with Crippen molar-refractivity contribution < 1.29 is 4.74 Å². The molecule has 0 amide bonds. The molecule has 1 aliphatic rings. The standard InChI is InChI=1S/C25H42O/c1-23(2,3)18-22(24(4,5)6)19-14-16-21(17-15-19)26-25(7,8)20-12-10-9-11-13-20/h14-17,20,22H,9-13,18H2,1-8H3. The minimum absolute atomic E-state index is 0.0726. The van der Waals surface area contributed by atoms with Gasteiger partial charge in [-0.3, -0.25) is 0 Å². The first-order valence-electron chi connectivity index (χ1n) is 10.7. The Balaban J connectivity index is 2.13. The van der Waals surface area contributed by atoms with Crippen LogP contribution in [0.4, 0.5) is 0 Å². The van der Waals surface area contributed by atoms with Crippen molar-refractivity contribution in [1.82, 2.24) is 0 Å². The average Bonchev–Trinajstić information content (AvgIpc) is 2.52. The van der Waals surface area contributed by atoms with Gasteiger partial charge in [0.25, 0.3) is 0 Å². The third kappa shape index (κ3) is 6.03. The number of hydrogen-bond donors (Lipinski definition) is 0. The molecular formula is C25H42O. The van der Waals surface area contributed by atoms with Crippen LogP contribution < -0.4 is 4.74 Å². The molecule has 0 spiro atoms. The van der Waals surface area contributed by atoms with Crippen molar-refractivity contribution in [3.8, 4) is 5.75 Å². The van der Waals surface area contributed by atoms with Crippen molar-refractivity contribution in [2.75, 3.05) is 0 Å². The molecular weight excluding hydrogens is 316 g/mol. The quantitative estimate of drug-likeness (QED) is 0.518. The minimum Gasteiger partial charge on any atom is -0.488 e. The molecule has 1 unspecified atom stereocenters. The van der Waals surface area contributed by atoms with Crippen LogP contribution in [0, 0.1) is 16.7 Å². The predicted octanol–water partition coefficient (Wildman–Crippen LogP) is 7.99. The van der Waals surface area contributed by atoms with Gasteiger partial charge in [0.05, 0.1) is 0 Å². The molecule has 2 rings (SSSR count). The number of hydrogen-bond acceptors (Lipinski definition) is 1. The normalized spacial score (nSPS) is 18.6. The molecule has 1 fully saturated rings. The lowest BCUT2D eigenvalue weighted by Gasteiger charge is -2.38. The predicted molar refractivity (Wildman–Crippen MR) is 114 cm³/mol. The molecule has 0 saturated heterocycles. The zero-order valence-corrected chi connectivity index (χ0v) is 18.6. The third-order valence-electron chi connectivity index (χ3n) is 6.11. The van der Waals surface area contributed by atoms with Crippen molar-refractivity contribution in [2.45, 2.75) is 105 Å². The van der Waals surface area contributed by atoms with E-state index in [0.717, 1.165) is 5.75 Å². The van der Waals surface area contributed by atoms with E-state index in [1.54, 1.807) is 0 Å². The van der Waals surface area contributed by atoms with Gasteiger partial charge in [-0.2, -0.15) is 0 Å². The Labute approximate surface area is 162 Å². The lowest BCUT2D eigenvalue weighted by molar-refractivity contribution is 0.0252. The summed E-state index contributed by atoms with van der Waals surface area (Å²) in [4.78, 5) is 0. The van der Waals surface area contributed by atoms with Gasteiger partial charge in [-0.15, -0.1) is 0 Å². The first-order valence-corrected chi connectivity index (χ1v) is 10.7. The van der Waals surface area contributed by atoms with Crippen molar-refractivity contribution in [3.05, 3.63) is 29.8 Å². The second-order valence-corrected chi connectivity index (χ2v) is 11.3. The highest BCUT2D eigenvalue weighted by molar-refractivity contribution is 5.31. The van der Waals surface area contributed by atoms with Gasteiger partial charge in [-0.1, -0.05) is 72.9 Å². The van der Waals surface area contributed by atoms with E-state index in [1.165, 1.54) is 44.1 Å². The van der Waals surface area contributed by atoms with Crippen LogP contribution in [0.3, 0.4) is 0 Å². The van der Waals surface area contributed by atoms with Crippen LogP contribution in [0.1, 0.15) is 105 Å². The highest BCUT2D eigenvalue weighted by Crippen LogP contribution is 2.43. The molecule has 0 aromatic heterocycles. The van der Waals surface area contributed by atoms with Crippen molar-refractivity contribution in [3.63, 3.8) is 0 Å². The second kappa shape index (κ2) is 7.95. The van der Waals surface area contributed by atoms with Gasteiger partial charge in [0.15, 0.2) is 0 Å². The van der Waals surface area contributed by atoms with Crippen LogP contribution >= 0.6 is 0 Å². The Bertz CT molecular complexity index is 547. The fraction of sp³-hybridized carbons (Fsp3) is 0.760. The smallest absolute Gasteiger partial charge is 0.120 e. The summed E-state index contributed by atoms with van der Waals surface area (Å²) in [5.41, 5.74) is 1.96. The molecule has 26 heavy (non-hydrogen) atoms. The molecule has 1 nitrogen and oxygen atoms in total. The van der Waals surface area contributed by atoms with Gasteiger partial charge in [0.1, 0.15) is 11.4 Å². The van der Waals surface area contributed by atoms with Crippen LogP contribution in [-0.4, -0.2) is 5.60 Å². The summed E-state index contributed by atoms with van der Waals surface area (Å²) in [6.45, 7) is 18.7. The summed E-state index contributed by atoms with van der Waals surface area (Å²) in [6, 6.07) is 8.99. The van der Waals surface area contributed by atoms with Gasteiger partial charge in [0, 0.05) is 0 Å². The Morgan fingerprint density at radius 2 is 1.38 bits per heavy atom. The minimum atomic E-state index is -0.0726. The Kier molecular flexibility index (Phi) is 6.52. The van der Waals surface area contributed by atoms with Crippen molar-refractivity contribution in [2.24, 2.45) is 16.7 Å². The molecule has 1 atom stereocenters. The van der Waals surface area contributed by atoms with Crippen molar-refractivity contribution >= 4 is 0 Å². The molecule has 0 aliphatic heterocycles. The molecule has 0 bridgehead atoms. The Morgan fingerprint density at radius 3 is 1.85 bits per heavy atom. The van der Waals surface area contributed by atoms with Crippen molar-refractivity contribution in [1.29, 1.82) is 0 Å². The maximum atomic E-state index is 6.46. The maximum Gasteiger partial charge on any atom is 0.120 e. The van der Waals surface area contributed by atoms with E-state index in [2.05, 4.69) is 79.7 Å². The van der Waals surface area contributed by atoms with E-state index in [9.17, 15) is 0 Å². The van der Waals surface area contributed by atoms with Crippen LogP contribution in [-0.2, 0) is 0 Å². The topological polar surface area (TPSA) is 9.23 Å². The highest BCUT2D eigenvalue weighted by Gasteiger charge is 2.33. The summed E-state index contributed by atoms with van der Waals surface area (Å²) >= 11 is 0. The first-order chi connectivity index (χ1) is 11.9.